The Morgan fingerprint density at radius 2 is 0.656 bits per heavy atom. The van der Waals surface area contributed by atoms with E-state index in [1.807, 2.05) is 0 Å². The predicted octanol–water partition coefficient (Wildman–Crippen LogP) is 15.6. The van der Waals surface area contributed by atoms with Crippen LogP contribution in [-0.4, -0.2) is 0 Å². The lowest BCUT2D eigenvalue weighted by Crippen LogP contribution is -2.32. The molecule has 2 nitrogen and oxygen atoms in total. The van der Waals surface area contributed by atoms with Gasteiger partial charge in [-0.1, -0.05) is 188 Å². The third kappa shape index (κ3) is 4.54. The van der Waals surface area contributed by atoms with E-state index in [2.05, 4.69) is 241 Å². The van der Waals surface area contributed by atoms with Crippen molar-refractivity contribution in [3.05, 3.63) is 281 Å². The van der Waals surface area contributed by atoms with Crippen LogP contribution in [0.15, 0.2) is 237 Å². The molecular formula is C62H39NO. The summed E-state index contributed by atoms with van der Waals surface area (Å²) >= 11 is 0. The molecule has 0 saturated heterocycles. The molecule has 1 unspecified atom stereocenters. The number of benzene rings is 10. The van der Waals surface area contributed by atoms with Crippen molar-refractivity contribution in [2.24, 2.45) is 0 Å². The molecule has 0 N–H and O–H groups in total. The Morgan fingerprint density at radius 3 is 1.19 bits per heavy atom. The summed E-state index contributed by atoms with van der Waals surface area (Å²) in [5.41, 5.74) is 22.4. The topological polar surface area (TPSA) is 12.5 Å². The van der Waals surface area contributed by atoms with Crippen molar-refractivity contribution >= 4 is 17.1 Å². The highest BCUT2D eigenvalue weighted by Gasteiger charge is 2.53. The molecule has 0 bridgehead atoms. The van der Waals surface area contributed by atoms with Crippen molar-refractivity contribution in [1.82, 2.24) is 0 Å². The van der Waals surface area contributed by atoms with Gasteiger partial charge in [0.15, 0.2) is 0 Å². The number of hydrogen-bond acceptors (Lipinski definition) is 2. The Kier molecular flexibility index (Phi) is 7.28. The number of rotatable bonds is 4. The third-order valence-electron chi connectivity index (χ3n) is 14.5. The molecule has 298 valence electrons. The molecule has 2 spiro atoms. The molecule has 10 aromatic rings. The van der Waals surface area contributed by atoms with Crippen LogP contribution in [0.3, 0.4) is 0 Å². The van der Waals surface area contributed by atoms with E-state index in [1.54, 1.807) is 0 Å². The van der Waals surface area contributed by atoms with E-state index in [4.69, 9.17) is 4.74 Å². The first-order valence-electron chi connectivity index (χ1n) is 22.3. The van der Waals surface area contributed by atoms with Crippen LogP contribution >= 0.6 is 0 Å². The zero-order valence-corrected chi connectivity index (χ0v) is 34.9. The monoisotopic (exact) mass is 813 g/mol. The van der Waals surface area contributed by atoms with Gasteiger partial charge in [0, 0.05) is 28.2 Å². The highest BCUT2D eigenvalue weighted by molar-refractivity contribution is 5.97. The highest BCUT2D eigenvalue weighted by Crippen LogP contribution is 2.65. The second-order valence-electron chi connectivity index (χ2n) is 17.5. The van der Waals surface area contributed by atoms with E-state index in [9.17, 15) is 0 Å². The van der Waals surface area contributed by atoms with E-state index in [1.165, 1.54) is 72.3 Å². The van der Waals surface area contributed by atoms with Crippen LogP contribution in [-0.2, 0) is 10.8 Å². The molecule has 4 aliphatic rings. The highest BCUT2D eigenvalue weighted by atomic mass is 16.5. The van der Waals surface area contributed by atoms with Crippen molar-refractivity contribution in [3.63, 3.8) is 0 Å². The fraction of sp³-hybridized carbons (Fsp3) is 0.0323. The van der Waals surface area contributed by atoms with Gasteiger partial charge >= 0.3 is 0 Å². The van der Waals surface area contributed by atoms with E-state index < -0.39 is 10.8 Å². The van der Waals surface area contributed by atoms with E-state index in [-0.39, 0.29) is 0 Å². The van der Waals surface area contributed by atoms with Gasteiger partial charge in [0.25, 0.3) is 0 Å². The summed E-state index contributed by atoms with van der Waals surface area (Å²) in [5, 5.41) is 0. The predicted molar refractivity (Wildman–Crippen MR) is 260 cm³/mol. The fourth-order valence-corrected chi connectivity index (χ4v) is 12.1. The second kappa shape index (κ2) is 13.2. The molecule has 0 amide bonds. The minimum atomic E-state index is -0.620. The minimum Gasteiger partial charge on any atom is -0.457 e. The van der Waals surface area contributed by atoms with Gasteiger partial charge in [0.05, 0.1) is 10.8 Å². The Balaban J connectivity index is 1.02. The Bertz CT molecular complexity index is 3490. The number of hydrogen-bond donors (Lipinski definition) is 0. The standard InChI is InChI=1S/C62H39NO/c1-3-17-40(18-4-1)41-31-36-56-60(37-41)64-59-30-16-15-29-55(59)62(56)54-28-14-10-24-48(54)50-35-33-44(39-58(50)62)63(42-19-5-2-6-20-42)43-32-34-49-47-23-9-13-27-53(47)61(57(49)38-43)51-25-11-7-21-45(51)46-22-8-12-26-52(46)61/h1-39H. The van der Waals surface area contributed by atoms with Crippen molar-refractivity contribution in [2.45, 2.75) is 10.8 Å². The maximum Gasteiger partial charge on any atom is 0.132 e. The molecule has 0 aromatic heterocycles. The van der Waals surface area contributed by atoms with Gasteiger partial charge in [-0.15, -0.1) is 0 Å². The van der Waals surface area contributed by atoms with Crippen LogP contribution in [0.2, 0.25) is 0 Å². The molecule has 2 heteroatoms. The largest absolute Gasteiger partial charge is 0.457 e. The van der Waals surface area contributed by atoms with Crippen LogP contribution in [0, 0.1) is 0 Å². The average Bonchev–Trinajstić information content (AvgIpc) is 3.94. The van der Waals surface area contributed by atoms with E-state index in [0.29, 0.717) is 0 Å². The zero-order chi connectivity index (χ0) is 42.0. The number of fused-ring (bicyclic) bond motifs is 19. The van der Waals surface area contributed by atoms with Crippen molar-refractivity contribution in [3.8, 4) is 56.0 Å². The number of anilines is 3. The molecule has 10 aromatic carbocycles. The van der Waals surface area contributed by atoms with Gasteiger partial charge in [-0.3, -0.25) is 0 Å². The van der Waals surface area contributed by atoms with Crippen molar-refractivity contribution in [2.75, 3.05) is 4.90 Å². The molecule has 0 saturated carbocycles. The molecule has 0 fully saturated rings. The summed E-state index contributed by atoms with van der Waals surface area (Å²) in [6.07, 6.45) is 0. The average molecular weight is 814 g/mol. The van der Waals surface area contributed by atoms with Crippen LogP contribution in [0.25, 0.3) is 44.5 Å². The first-order valence-corrected chi connectivity index (χ1v) is 22.3. The molecule has 3 aliphatic carbocycles. The lowest BCUT2D eigenvalue weighted by Gasteiger charge is -2.40. The van der Waals surface area contributed by atoms with Gasteiger partial charge in [0.1, 0.15) is 11.5 Å². The summed E-state index contributed by atoms with van der Waals surface area (Å²) in [4.78, 5) is 2.46. The van der Waals surface area contributed by atoms with Gasteiger partial charge in [-0.05, 0) is 126 Å². The third-order valence-corrected chi connectivity index (χ3v) is 14.5. The Hall–Kier alpha value is -8.20. The molecule has 14 rings (SSSR count). The molecule has 0 radical (unpaired) electrons. The summed E-state index contributed by atoms with van der Waals surface area (Å²) < 4.78 is 6.93. The van der Waals surface area contributed by atoms with Gasteiger partial charge in [-0.25, -0.2) is 0 Å². The zero-order valence-electron chi connectivity index (χ0n) is 34.9. The van der Waals surface area contributed by atoms with E-state index in [0.717, 1.165) is 45.3 Å². The van der Waals surface area contributed by atoms with Crippen LogP contribution in [0.5, 0.6) is 11.5 Å². The molecule has 1 heterocycles. The number of ether oxygens (including phenoxy) is 1. The normalized spacial score (nSPS) is 15.8. The lowest BCUT2D eigenvalue weighted by molar-refractivity contribution is 0.436. The van der Waals surface area contributed by atoms with Crippen LogP contribution in [0.1, 0.15) is 44.5 Å². The maximum absolute atomic E-state index is 6.93. The summed E-state index contributed by atoms with van der Waals surface area (Å²) in [6.45, 7) is 0. The molecule has 1 atom stereocenters. The van der Waals surface area contributed by atoms with Crippen LogP contribution < -0.4 is 9.64 Å². The van der Waals surface area contributed by atoms with Crippen LogP contribution in [0.4, 0.5) is 17.1 Å². The second-order valence-corrected chi connectivity index (χ2v) is 17.5. The van der Waals surface area contributed by atoms with Crippen molar-refractivity contribution in [1.29, 1.82) is 0 Å². The summed E-state index contributed by atoms with van der Waals surface area (Å²) in [5.74, 6) is 1.77. The first kappa shape index (κ1) is 35.4. The fourth-order valence-electron chi connectivity index (χ4n) is 12.1. The Morgan fingerprint density at radius 1 is 0.250 bits per heavy atom. The Labute approximate surface area is 373 Å². The first-order chi connectivity index (χ1) is 31.7. The van der Waals surface area contributed by atoms with Gasteiger partial charge < -0.3 is 9.64 Å². The van der Waals surface area contributed by atoms with Crippen molar-refractivity contribution < 1.29 is 4.74 Å². The minimum absolute atomic E-state index is 0.449. The van der Waals surface area contributed by atoms with Gasteiger partial charge in [0.2, 0.25) is 0 Å². The molecule has 1 aliphatic heterocycles. The summed E-state index contributed by atoms with van der Waals surface area (Å²) in [7, 11) is 0. The molecule has 64 heavy (non-hydrogen) atoms. The SMILES string of the molecule is c1ccc(-c2ccc3c(c2)Oc2ccccc2C32c3ccccc3-c3ccc(N(c4ccccc4)c4ccc5c(c4)C4(c6ccccc6-c6ccccc64)c4ccccc4-5)cc32)cc1. The lowest BCUT2D eigenvalue weighted by atomic mass is 9.66. The van der Waals surface area contributed by atoms with Gasteiger partial charge in [-0.2, -0.15) is 0 Å². The molecular weight excluding hydrogens is 775 g/mol. The summed E-state index contributed by atoms with van der Waals surface area (Å²) in [6, 6.07) is 87.4. The number of para-hydroxylation sites is 2. The van der Waals surface area contributed by atoms with E-state index >= 15 is 0 Å². The number of nitrogens with zero attached hydrogens (tertiary/aromatic N) is 1. The quantitative estimate of drug-likeness (QED) is 0.175. The smallest absolute Gasteiger partial charge is 0.132 e. The maximum atomic E-state index is 6.93.